The smallest absolute Gasteiger partial charge is 0.225 e. The van der Waals surface area contributed by atoms with Crippen molar-refractivity contribution in [2.45, 2.75) is 18.9 Å². The first-order valence-electron chi connectivity index (χ1n) is 3.77. The van der Waals surface area contributed by atoms with Gasteiger partial charge in [-0.05, 0) is 12.8 Å². The SMILES string of the molecule is O=C1NCC[C@@H]2OCC[C@@H]12. The van der Waals surface area contributed by atoms with Crippen molar-refractivity contribution in [3.63, 3.8) is 0 Å². The molecule has 1 N–H and O–H groups in total. The maximum atomic E-state index is 11.1. The van der Waals surface area contributed by atoms with Crippen molar-refractivity contribution in [3.8, 4) is 0 Å². The summed E-state index contributed by atoms with van der Waals surface area (Å²) in [6.45, 7) is 1.56. The topological polar surface area (TPSA) is 38.3 Å². The van der Waals surface area contributed by atoms with Gasteiger partial charge in [-0.3, -0.25) is 4.79 Å². The molecule has 0 aromatic rings. The van der Waals surface area contributed by atoms with E-state index in [0.717, 1.165) is 26.0 Å². The second kappa shape index (κ2) is 2.23. The standard InChI is InChI=1S/C7H11NO2/c9-7-5-2-4-10-6(5)1-3-8-7/h5-6H,1-4H2,(H,8,9)/t5-,6+/m1/s1. The molecule has 0 bridgehead atoms. The van der Waals surface area contributed by atoms with Crippen LogP contribution in [0.5, 0.6) is 0 Å². The lowest BCUT2D eigenvalue weighted by Crippen LogP contribution is -2.42. The molecule has 3 nitrogen and oxygen atoms in total. The monoisotopic (exact) mass is 141 g/mol. The summed E-state index contributed by atoms with van der Waals surface area (Å²) in [7, 11) is 0. The van der Waals surface area contributed by atoms with Crippen LogP contribution in [-0.2, 0) is 9.53 Å². The Kier molecular flexibility index (Phi) is 1.38. The summed E-state index contributed by atoms with van der Waals surface area (Å²) >= 11 is 0. The molecule has 2 aliphatic rings. The van der Waals surface area contributed by atoms with Crippen molar-refractivity contribution in [3.05, 3.63) is 0 Å². The van der Waals surface area contributed by atoms with Crippen LogP contribution in [0.15, 0.2) is 0 Å². The van der Waals surface area contributed by atoms with Gasteiger partial charge in [0.1, 0.15) is 0 Å². The molecule has 2 heterocycles. The first kappa shape index (κ1) is 6.16. The molecule has 0 aromatic heterocycles. The van der Waals surface area contributed by atoms with E-state index in [0.29, 0.717) is 0 Å². The summed E-state index contributed by atoms with van der Waals surface area (Å²) in [6.07, 6.45) is 2.14. The Bertz CT molecular complexity index is 158. The van der Waals surface area contributed by atoms with Gasteiger partial charge in [-0.1, -0.05) is 0 Å². The van der Waals surface area contributed by atoms with Crippen molar-refractivity contribution in [2.75, 3.05) is 13.2 Å². The minimum Gasteiger partial charge on any atom is -0.377 e. The van der Waals surface area contributed by atoms with Gasteiger partial charge in [0.05, 0.1) is 12.0 Å². The number of rotatable bonds is 0. The molecule has 3 heteroatoms. The Hall–Kier alpha value is -0.570. The molecular formula is C7H11NO2. The number of hydrogen-bond donors (Lipinski definition) is 1. The minimum atomic E-state index is 0.161. The number of hydrogen-bond acceptors (Lipinski definition) is 2. The van der Waals surface area contributed by atoms with Crippen LogP contribution in [0.3, 0.4) is 0 Å². The Labute approximate surface area is 59.7 Å². The van der Waals surface area contributed by atoms with E-state index in [-0.39, 0.29) is 17.9 Å². The van der Waals surface area contributed by atoms with Gasteiger partial charge < -0.3 is 10.1 Å². The second-order valence-corrected chi connectivity index (χ2v) is 2.88. The van der Waals surface area contributed by atoms with E-state index in [4.69, 9.17) is 4.74 Å². The highest BCUT2D eigenvalue weighted by molar-refractivity contribution is 5.80. The number of fused-ring (bicyclic) bond motifs is 1. The third kappa shape index (κ3) is 0.814. The number of ether oxygens (including phenoxy) is 1. The maximum absolute atomic E-state index is 11.1. The predicted molar refractivity (Wildman–Crippen MR) is 35.5 cm³/mol. The molecule has 2 atom stereocenters. The van der Waals surface area contributed by atoms with E-state index >= 15 is 0 Å². The van der Waals surface area contributed by atoms with Gasteiger partial charge in [0.2, 0.25) is 5.91 Å². The lowest BCUT2D eigenvalue weighted by Gasteiger charge is -2.23. The van der Waals surface area contributed by atoms with Gasteiger partial charge in [0, 0.05) is 13.2 Å². The van der Waals surface area contributed by atoms with Gasteiger partial charge >= 0.3 is 0 Å². The number of piperidine rings is 1. The maximum Gasteiger partial charge on any atom is 0.225 e. The third-order valence-corrected chi connectivity index (χ3v) is 2.27. The molecule has 2 aliphatic heterocycles. The molecule has 56 valence electrons. The number of carbonyl (C=O) groups excluding carboxylic acids is 1. The summed E-state index contributed by atoms with van der Waals surface area (Å²) < 4.78 is 5.37. The van der Waals surface area contributed by atoms with Crippen molar-refractivity contribution in [1.29, 1.82) is 0 Å². The molecule has 0 aliphatic carbocycles. The van der Waals surface area contributed by atoms with E-state index in [1.807, 2.05) is 0 Å². The van der Waals surface area contributed by atoms with Crippen molar-refractivity contribution in [1.82, 2.24) is 5.32 Å². The Morgan fingerprint density at radius 2 is 2.40 bits per heavy atom. The summed E-state index contributed by atoms with van der Waals surface area (Å²) in [5.74, 6) is 0.350. The fourth-order valence-corrected chi connectivity index (χ4v) is 1.70. The van der Waals surface area contributed by atoms with Crippen LogP contribution < -0.4 is 5.32 Å². The van der Waals surface area contributed by atoms with E-state index in [2.05, 4.69) is 5.32 Å². The molecule has 0 radical (unpaired) electrons. The fraction of sp³-hybridized carbons (Fsp3) is 0.857. The van der Waals surface area contributed by atoms with Crippen LogP contribution in [0.4, 0.5) is 0 Å². The molecular weight excluding hydrogens is 130 g/mol. The average Bonchev–Trinajstić information content (AvgIpc) is 2.36. The Morgan fingerprint density at radius 3 is 3.20 bits per heavy atom. The molecule has 2 saturated heterocycles. The molecule has 0 aromatic carbocycles. The first-order chi connectivity index (χ1) is 4.88. The van der Waals surface area contributed by atoms with Crippen LogP contribution in [0, 0.1) is 5.92 Å². The summed E-state index contributed by atoms with van der Waals surface area (Å²) in [4.78, 5) is 11.1. The quantitative estimate of drug-likeness (QED) is 0.512. The fourth-order valence-electron chi connectivity index (χ4n) is 1.70. The first-order valence-corrected chi connectivity index (χ1v) is 3.77. The van der Waals surface area contributed by atoms with Crippen LogP contribution in [0.2, 0.25) is 0 Å². The third-order valence-electron chi connectivity index (χ3n) is 2.27. The summed E-state index contributed by atoms with van der Waals surface area (Å²) in [6, 6.07) is 0. The Balaban J connectivity index is 2.10. The zero-order valence-corrected chi connectivity index (χ0v) is 5.80. The Morgan fingerprint density at radius 1 is 1.50 bits per heavy atom. The molecule has 0 saturated carbocycles. The van der Waals surface area contributed by atoms with Crippen LogP contribution >= 0.6 is 0 Å². The summed E-state index contributed by atoms with van der Waals surface area (Å²) in [5, 5.41) is 2.83. The van der Waals surface area contributed by atoms with Crippen molar-refractivity contribution < 1.29 is 9.53 Å². The molecule has 2 fully saturated rings. The normalized spacial score (nSPS) is 39.0. The van der Waals surface area contributed by atoms with E-state index in [9.17, 15) is 4.79 Å². The molecule has 1 amide bonds. The van der Waals surface area contributed by atoms with Gasteiger partial charge in [-0.2, -0.15) is 0 Å². The number of carbonyl (C=O) groups is 1. The lowest BCUT2D eigenvalue weighted by molar-refractivity contribution is -0.128. The molecule has 2 rings (SSSR count). The van der Waals surface area contributed by atoms with Crippen LogP contribution in [-0.4, -0.2) is 25.2 Å². The minimum absolute atomic E-state index is 0.161. The summed E-state index contributed by atoms with van der Waals surface area (Å²) in [5.41, 5.74) is 0. The predicted octanol–water partition coefficient (Wildman–Crippen LogP) is -0.0886. The van der Waals surface area contributed by atoms with Gasteiger partial charge in [-0.15, -0.1) is 0 Å². The van der Waals surface area contributed by atoms with E-state index in [1.165, 1.54) is 0 Å². The zero-order valence-electron chi connectivity index (χ0n) is 5.80. The number of nitrogens with one attached hydrogen (secondary N) is 1. The van der Waals surface area contributed by atoms with Gasteiger partial charge in [0.15, 0.2) is 0 Å². The van der Waals surface area contributed by atoms with Crippen LogP contribution in [0.1, 0.15) is 12.8 Å². The second-order valence-electron chi connectivity index (χ2n) is 2.88. The zero-order chi connectivity index (χ0) is 6.97. The molecule has 0 unspecified atom stereocenters. The van der Waals surface area contributed by atoms with Crippen molar-refractivity contribution in [2.24, 2.45) is 5.92 Å². The van der Waals surface area contributed by atoms with Gasteiger partial charge in [0.25, 0.3) is 0 Å². The van der Waals surface area contributed by atoms with Crippen LogP contribution in [0.25, 0.3) is 0 Å². The lowest BCUT2D eigenvalue weighted by atomic mass is 9.95. The highest BCUT2D eigenvalue weighted by atomic mass is 16.5. The van der Waals surface area contributed by atoms with E-state index in [1.54, 1.807) is 0 Å². The molecule has 0 spiro atoms. The van der Waals surface area contributed by atoms with Gasteiger partial charge in [-0.25, -0.2) is 0 Å². The highest BCUT2D eigenvalue weighted by Gasteiger charge is 2.36. The average molecular weight is 141 g/mol. The van der Waals surface area contributed by atoms with E-state index < -0.39 is 0 Å². The highest BCUT2D eigenvalue weighted by Crippen LogP contribution is 2.25. The molecule has 10 heavy (non-hydrogen) atoms. The number of amides is 1. The van der Waals surface area contributed by atoms with Crippen molar-refractivity contribution >= 4 is 5.91 Å². The largest absolute Gasteiger partial charge is 0.377 e.